The molecule has 10 aromatic rings. The van der Waals surface area contributed by atoms with Crippen LogP contribution in [0.3, 0.4) is 0 Å². The van der Waals surface area contributed by atoms with E-state index in [0.717, 1.165) is 34.0 Å². The van der Waals surface area contributed by atoms with Crippen LogP contribution in [0.4, 0.5) is 17.1 Å². The summed E-state index contributed by atoms with van der Waals surface area (Å²) in [6.45, 7) is 0. The van der Waals surface area contributed by atoms with Gasteiger partial charge < -0.3 is 19.2 Å². The van der Waals surface area contributed by atoms with Gasteiger partial charge in [-0.05, 0) is 41.2 Å². The topological polar surface area (TPSA) is 30.3 Å². The molecular weight excluding hydrogens is 829 g/mol. The van der Waals surface area contributed by atoms with E-state index in [4.69, 9.17) is 4.74 Å². The SMILES string of the molecule is [Pd].[c-]1c(Oc2[c-]c(N3c4[c-]cccc4[Si](c4ccccc4)(c4ccccc4)c4c3ccc3c5ccccc5n(-c5ccccc5)c43)ccc2)cccc1-c1ccccn1. The molecule has 59 heavy (non-hydrogen) atoms. The summed E-state index contributed by atoms with van der Waals surface area (Å²) < 4.78 is 9.03. The molecule has 2 aromatic heterocycles. The largest absolute Gasteiger partial charge is 0.503 e. The molecule has 0 saturated carbocycles. The number of nitrogens with zero attached hydrogens (tertiary/aromatic N) is 3. The zero-order chi connectivity index (χ0) is 38.5. The fourth-order valence-electron chi connectivity index (χ4n) is 8.94. The van der Waals surface area contributed by atoms with Crippen LogP contribution >= 0.6 is 0 Å². The number of rotatable bonds is 7. The molecule has 0 amide bonds. The molecule has 284 valence electrons. The van der Waals surface area contributed by atoms with Crippen LogP contribution < -0.4 is 30.4 Å². The van der Waals surface area contributed by atoms with Crippen molar-refractivity contribution in [1.29, 1.82) is 0 Å². The Morgan fingerprint density at radius 1 is 0.542 bits per heavy atom. The van der Waals surface area contributed by atoms with Crippen molar-refractivity contribution < 1.29 is 25.2 Å². The summed E-state index contributed by atoms with van der Waals surface area (Å²) in [6.07, 6.45) is 1.79. The predicted molar refractivity (Wildman–Crippen MR) is 239 cm³/mol. The monoisotopic (exact) mass is 862 g/mol. The zero-order valence-electron chi connectivity index (χ0n) is 31.7. The fraction of sp³-hybridized carbons (Fsp3) is 0. The third kappa shape index (κ3) is 5.96. The molecule has 1 aliphatic heterocycles. The van der Waals surface area contributed by atoms with Crippen LogP contribution in [0.1, 0.15) is 0 Å². The molecule has 0 N–H and O–H groups in total. The van der Waals surface area contributed by atoms with E-state index in [9.17, 15) is 0 Å². The van der Waals surface area contributed by atoms with E-state index in [1.54, 1.807) is 6.20 Å². The minimum absolute atomic E-state index is 0. The van der Waals surface area contributed by atoms with E-state index in [-0.39, 0.29) is 20.4 Å². The Labute approximate surface area is 358 Å². The third-order valence-electron chi connectivity index (χ3n) is 11.2. The van der Waals surface area contributed by atoms with Gasteiger partial charge >= 0.3 is 0 Å². The van der Waals surface area contributed by atoms with Gasteiger partial charge in [0.25, 0.3) is 0 Å². The maximum absolute atomic E-state index is 6.54. The maximum atomic E-state index is 6.54. The minimum atomic E-state index is -3.11. The van der Waals surface area contributed by atoms with Crippen molar-refractivity contribution in [2.45, 2.75) is 0 Å². The smallest absolute Gasteiger partial charge is 0.130 e. The van der Waals surface area contributed by atoms with E-state index < -0.39 is 8.07 Å². The first-order valence-electron chi connectivity index (χ1n) is 19.5. The van der Waals surface area contributed by atoms with Crippen LogP contribution in [0.25, 0.3) is 38.8 Å². The predicted octanol–water partition coefficient (Wildman–Crippen LogP) is 10.2. The molecule has 0 bridgehead atoms. The van der Waals surface area contributed by atoms with Gasteiger partial charge in [-0.1, -0.05) is 143 Å². The normalized spacial score (nSPS) is 12.7. The number of hydrogen-bond donors (Lipinski definition) is 0. The Morgan fingerprint density at radius 3 is 1.97 bits per heavy atom. The molecule has 0 saturated heterocycles. The van der Waals surface area contributed by atoms with Gasteiger partial charge in [-0.25, -0.2) is 0 Å². The van der Waals surface area contributed by atoms with E-state index in [0.29, 0.717) is 11.5 Å². The molecule has 3 heterocycles. The molecule has 0 spiro atoms. The Kier molecular flexibility index (Phi) is 9.39. The summed E-state index contributed by atoms with van der Waals surface area (Å²) in [5.74, 6) is 1.18. The molecule has 11 rings (SSSR count). The van der Waals surface area contributed by atoms with Gasteiger partial charge in [0, 0.05) is 60.3 Å². The summed E-state index contributed by atoms with van der Waals surface area (Å²) in [5, 5.41) is 7.62. The molecule has 6 heteroatoms. The molecule has 0 unspecified atom stereocenters. The first-order valence-corrected chi connectivity index (χ1v) is 21.5. The Morgan fingerprint density at radius 2 is 1.22 bits per heavy atom. The fourth-order valence-corrected chi connectivity index (χ4v) is 14.2. The number of hydrogen-bond acceptors (Lipinski definition) is 3. The Balaban J connectivity index is 0.00000420. The van der Waals surface area contributed by atoms with Crippen LogP contribution in [-0.2, 0) is 20.4 Å². The van der Waals surface area contributed by atoms with Crippen molar-refractivity contribution in [2.24, 2.45) is 0 Å². The van der Waals surface area contributed by atoms with Gasteiger partial charge in [0.1, 0.15) is 8.07 Å². The van der Waals surface area contributed by atoms with Gasteiger partial charge in [-0.3, -0.25) is 0 Å². The van der Waals surface area contributed by atoms with Gasteiger partial charge in [-0.15, -0.1) is 47.1 Å². The standard InChI is InChI=1S/C53H34N3OSi.Pd/c1-4-19-39(20-5-1)56-48-30-11-10-28-45(48)46-33-34-50-53(52(46)56)58(43-24-6-2-7-25-43,44-26-8-3-9-27-44)51-32-13-12-31-49(51)55(50)40-21-17-23-42(37-40)57-41-22-16-18-38(36-41)47-29-14-15-35-54-47;/h1-30,32-35H;/q-3;. The number of ether oxygens (including phenoxy) is 1. The Hall–Kier alpha value is -6.81. The van der Waals surface area contributed by atoms with E-state index in [1.807, 2.05) is 54.6 Å². The molecule has 0 fully saturated rings. The molecule has 0 aliphatic carbocycles. The van der Waals surface area contributed by atoms with E-state index in [2.05, 4.69) is 178 Å². The number of anilines is 3. The number of para-hydroxylation sites is 3. The Bertz CT molecular complexity index is 3060. The zero-order valence-corrected chi connectivity index (χ0v) is 34.3. The minimum Gasteiger partial charge on any atom is -0.503 e. The second-order valence-corrected chi connectivity index (χ2v) is 18.1. The van der Waals surface area contributed by atoms with Gasteiger partial charge in [-0.2, -0.15) is 30.3 Å². The van der Waals surface area contributed by atoms with Crippen LogP contribution in [0.2, 0.25) is 0 Å². The molecular formula is C53H34N3OPdSi-3. The molecule has 1 aliphatic rings. The van der Waals surface area contributed by atoms with Crippen molar-refractivity contribution in [1.82, 2.24) is 9.55 Å². The summed E-state index contributed by atoms with van der Waals surface area (Å²) in [5.41, 5.74) is 8.16. The van der Waals surface area contributed by atoms with Crippen molar-refractivity contribution in [3.8, 4) is 28.4 Å². The molecule has 4 nitrogen and oxygen atoms in total. The van der Waals surface area contributed by atoms with Crippen molar-refractivity contribution in [3.05, 3.63) is 225 Å². The van der Waals surface area contributed by atoms with Crippen molar-refractivity contribution >= 4 is 67.7 Å². The van der Waals surface area contributed by atoms with Gasteiger partial charge in [0.2, 0.25) is 0 Å². The van der Waals surface area contributed by atoms with Crippen LogP contribution in [-0.4, -0.2) is 17.6 Å². The quantitative estimate of drug-likeness (QED) is 0.118. The number of benzene rings is 8. The summed E-state index contributed by atoms with van der Waals surface area (Å²) in [6, 6.07) is 81.8. The average Bonchev–Trinajstić information content (AvgIpc) is 3.64. The first-order chi connectivity index (χ1) is 28.8. The average molecular weight is 863 g/mol. The number of aromatic nitrogens is 2. The van der Waals surface area contributed by atoms with Gasteiger partial charge in [0.15, 0.2) is 0 Å². The first kappa shape index (κ1) is 36.5. The van der Waals surface area contributed by atoms with E-state index in [1.165, 1.54) is 42.6 Å². The summed E-state index contributed by atoms with van der Waals surface area (Å²) >= 11 is 0. The summed E-state index contributed by atoms with van der Waals surface area (Å²) in [7, 11) is -3.11. The maximum Gasteiger partial charge on any atom is 0.130 e. The summed E-state index contributed by atoms with van der Waals surface area (Å²) in [4.78, 5) is 6.87. The van der Waals surface area contributed by atoms with Gasteiger partial charge in [0.05, 0.1) is 11.0 Å². The van der Waals surface area contributed by atoms with Crippen molar-refractivity contribution in [2.75, 3.05) is 4.90 Å². The third-order valence-corrected chi connectivity index (χ3v) is 16.1. The van der Waals surface area contributed by atoms with Crippen LogP contribution in [0.15, 0.2) is 206 Å². The second-order valence-electron chi connectivity index (χ2n) is 14.4. The van der Waals surface area contributed by atoms with Crippen LogP contribution in [0.5, 0.6) is 11.5 Å². The number of pyridine rings is 1. The molecule has 0 radical (unpaired) electrons. The van der Waals surface area contributed by atoms with Crippen molar-refractivity contribution in [3.63, 3.8) is 0 Å². The van der Waals surface area contributed by atoms with E-state index >= 15 is 0 Å². The molecule has 8 aromatic carbocycles. The molecule has 0 atom stereocenters. The second kappa shape index (κ2) is 15.2. The van der Waals surface area contributed by atoms with Crippen LogP contribution in [0, 0.1) is 18.2 Å². The number of fused-ring (bicyclic) bond motifs is 6.